The van der Waals surface area contributed by atoms with E-state index in [1.54, 1.807) is 25.3 Å². The van der Waals surface area contributed by atoms with Crippen molar-refractivity contribution in [1.29, 1.82) is 5.26 Å². The van der Waals surface area contributed by atoms with Gasteiger partial charge in [-0.15, -0.1) is 11.3 Å². The normalized spacial score (nSPS) is 11.6. The SMILES string of the molecule is COc1cc(Cl)ccc1/C(N)=C(/C#N)c1cccs1. The Morgan fingerprint density at radius 3 is 2.79 bits per heavy atom. The van der Waals surface area contributed by atoms with Gasteiger partial charge >= 0.3 is 0 Å². The first-order chi connectivity index (χ1) is 9.17. The van der Waals surface area contributed by atoms with Crippen LogP contribution >= 0.6 is 22.9 Å². The van der Waals surface area contributed by atoms with Gasteiger partial charge in [0.15, 0.2) is 0 Å². The fourth-order valence-electron chi connectivity index (χ4n) is 1.69. The van der Waals surface area contributed by atoms with Crippen LogP contribution in [0.4, 0.5) is 0 Å². The van der Waals surface area contributed by atoms with E-state index in [0.29, 0.717) is 27.6 Å². The zero-order chi connectivity index (χ0) is 13.8. The summed E-state index contributed by atoms with van der Waals surface area (Å²) in [6.07, 6.45) is 0. The molecule has 0 spiro atoms. The van der Waals surface area contributed by atoms with E-state index < -0.39 is 0 Å². The second-order valence-corrected chi connectivity index (χ2v) is 5.11. The number of hydrogen-bond donors (Lipinski definition) is 1. The summed E-state index contributed by atoms with van der Waals surface area (Å²) in [6, 6.07) is 11.0. The number of ether oxygens (including phenoxy) is 1. The number of nitrogens with two attached hydrogens (primary N) is 1. The van der Waals surface area contributed by atoms with Crippen molar-refractivity contribution in [3.63, 3.8) is 0 Å². The Kier molecular flexibility index (Phi) is 4.10. The molecular formula is C14H11ClN2OS. The molecule has 0 atom stereocenters. The summed E-state index contributed by atoms with van der Waals surface area (Å²) < 4.78 is 5.25. The Balaban J connectivity index is 2.60. The summed E-state index contributed by atoms with van der Waals surface area (Å²) in [5, 5.41) is 11.8. The van der Waals surface area contributed by atoms with Crippen molar-refractivity contribution < 1.29 is 4.74 Å². The largest absolute Gasteiger partial charge is 0.496 e. The first-order valence-electron chi connectivity index (χ1n) is 5.45. The molecule has 0 radical (unpaired) electrons. The van der Waals surface area contributed by atoms with E-state index in [1.165, 1.54) is 11.3 Å². The molecule has 0 fully saturated rings. The van der Waals surface area contributed by atoms with Crippen LogP contribution in [0.15, 0.2) is 35.7 Å². The highest BCUT2D eigenvalue weighted by molar-refractivity contribution is 7.11. The number of hydrogen-bond acceptors (Lipinski definition) is 4. The molecule has 1 heterocycles. The molecule has 2 aromatic rings. The summed E-state index contributed by atoms with van der Waals surface area (Å²) in [5.74, 6) is 0.550. The number of rotatable bonds is 3. The molecule has 0 aliphatic rings. The van der Waals surface area contributed by atoms with Crippen molar-refractivity contribution in [1.82, 2.24) is 0 Å². The Labute approximate surface area is 120 Å². The van der Waals surface area contributed by atoms with Crippen molar-refractivity contribution in [2.24, 2.45) is 5.73 Å². The van der Waals surface area contributed by atoms with Crippen LogP contribution in [0.2, 0.25) is 5.02 Å². The quantitative estimate of drug-likeness (QED) is 0.876. The van der Waals surface area contributed by atoms with E-state index in [0.717, 1.165) is 4.88 Å². The van der Waals surface area contributed by atoms with Crippen LogP contribution in [0.3, 0.4) is 0 Å². The molecule has 0 amide bonds. The minimum Gasteiger partial charge on any atom is -0.496 e. The van der Waals surface area contributed by atoms with Crippen LogP contribution < -0.4 is 10.5 Å². The minimum absolute atomic E-state index is 0.387. The molecule has 0 bridgehead atoms. The van der Waals surface area contributed by atoms with Crippen LogP contribution in [0.5, 0.6) is 5.75 Å². The second kappa shape index (κ2) is 5.79. The van der Waals surface area contributed by atoms with E-state index in [-0.39, 0.29) is 0 Å². The number of methoxy groups -OCH3 is 1. The fourth-order valence-corrected chi connectivity index (χ4v) is 2.59. The number of halogens is 1. The average Bonchev–Trinajstić information content (AvgIpc) is 2.93. The standard InChI is InChI=1S/C14H11ClN2OS/c1-18-12-7-9(15)4-5-10(12)14(17)11(8-16)13-3-2-6-19-13/h2-7H,17H2,1H3/b14-11+. The molecule has 1 aromatic carbocycles. The third kappa shape index (κ3) is 2.73. The summed E-state index contributed by atoms with van der Waals surface area (Å²) in [7, 11) is 1.54. The minimum atomic E-state index is 0.387. The second-order valence-electron chi connectivity index (χ2n) is 3.72. The Morgan fingerprint density at radius 1 is 1.42 bits per heavy atom. The highest BCUT2D eigenvalue weighted by Gasteiger charge is 2.13. The van der Waals surface area contributed by atoms with Gasteiger partial charge < -0.3 is 10.5 Å². The predicted molar refractivity (Wildman–Crippen MR) is 78.9 cm³/mol. The highest BCUT2D eigenvalue weighted by Crippen LogP contribution is 2.32. The van der Waals surface area contributed by atoms with Crippen molar-refractivity contribution >= 4 is 34.2 Å². The molecule has 96 valence electrons. The summed E-state index contributed by atoms with van der Waals surface area (Å²) in [5.41, 5.74) is 7.60. The Morgan fingerprint density at radius 2 is 2.21 bits per heavy atom. The summed E-state index contributed by atoms with van der Waals surface area (Å²) in [4.78, 5) is 0.831. The monoisotopic (exact) mass is 290 g/mol. The molecule has 19 heavy (non-hydrogen) atoms. The molecule has 0 saturated carbocycles. The number of nitriles is 1. The molecule has 2 N–H and O–H groups in total. The molecule has 0 saturated heterocycles. The molecule has 0 aliphatic heterocycles. The van der Waals surface area contributed by atoms with Crippen molar-refractivity contribution in [3.05, 3.63) is 51.2 Å². The first-order valence-corrected chi connectivity index (χ1v) is 6.70. The van der Waals surface area contributed by atoms with Crippen LogP contribution in [-0.4, -0.2) is 7.11 Å². The van der Waals surface area contributed by atoms with E-state index in [4.69, 9.17) is 22.1 Å². The maximum atomic E-state index is 9.30. The zero-order valence-electron chi connectivity index (χ0n) is 10.2. The highest BCUT2D eigenvalue weighted by atomic mass is 35.5. The molecular weight excluding hydrogens is 280 g/mol. The summed E-state index contributed by atoms with van der Waals surface area (Å²) in [6.45, 7) is 0. The van der Waals surface area contributed by atoms with Crippen LogP contribution in [0.25, 0.3) is 11.3 Å². The van der Waals surface area contributed by atoms with Crippen LogP contribution in [0, 0.1) is 11.3 Å². The van der Waals surface area contributed by atoms with Gasteiger partial charge in [0.2, 0.25) is 0 Å². The molecule has 1 aromatic heterocycles. The van der Waals surface area contributed by atoms with E-state index in [9.17, 15) is 5.26 Å². The smallest absolute Gasteiger partial charge is 0.129 e. The van der Waals surface area contributed by atoms with E-state index in [1.807, 2.05) is 17.5 Å². The lowest BCUT2D eigenvalue weighted by Crippen LogP contribution is -2.02. The Hall–Kier alpha value is -1.96. The van der Waals surface area contributed by atoms with Crippen LogP contribution in [0.1, 0.15) is 10.4 Å². The van der Waals surface area contributed by atoms with Crippen molar-refractivity contribution in [3.8, 4) is 11.8 Å². The Bertz CT molecular complexity index is 657. The maximum Gasteiger partial charge on any atom is 0.129 e. The fraction of sp³-hybridized carbons (Fsp3) is 0.0714. The molecule has 0 aliphatic carbocycles. The predicted octanol–water partition coefficient (Wildman–Crippen LogP) is 3.76. The lowest BCUT2D eigenvalue weighted by atomic mass is 10.1. The van der Waals surface area contributed by atoms with Gasteiger partial charge in [-0.25, -0.2) is 0 Å². The van der Waals surface area contributed by atoms with Gasteiger partial charge in [-0.05, 0) is 29.6 Å². The molecule has 3 nitrogen and oxygen atoms in total. The lowest BCUT2D eigenvalue weighted by molar-refractivity contribution is 0.413. The van der Waals surface area contributed by atoms with Gasteiger partial charge in [-0.3, -0.25) is 0 Å². The number of nitrogens with zero attached hydrogens (tertiary/aromatic N) is 1. The van der Waals surface area contributed by atoms with Crippen LogP contribution in [-0.2, 0) is 0 Å². The van der Waals surface area contributed by atoms with Gasteiger partial charge in [0.1, 0.15) is 11.8 Å². The van der Waals surface area contributed by atoms with Gasteiger partial charge in [0.25, 0.3) is 0 Å². The van der Waals surface area contributed by atoms with Gasteiger partial charge in [-0.1, -0.05) is 17.7 Å². The number of thiophene rings is 1. The number of benzene rings is 1. The van der Waals surface area contributed by atoms with Crippen molar-refractivity contribution in [2.75, 3.05) is 7.11 Å². The first kappa shape index (κ1) is 13.5. The lowest BCUT2D eigenvalue weighted by Gasteiger charge is -2.10. The molecule has 5 heteroatoms. The topological polar surface area (TPSA) is 59.0 Å². The third-order valence-corrected chi connectivity index (χ3v) is 3.72. The van der Waals surface area contributed by atoms with E-state index in [2.05, 4.69) is 6.07 Å². The zero-order valence-corrected chi connectivity index (χ0v) is 11.8. The number of allylic oxidation sites excluding steroid dienone is 1. The average molecular weight is 291 g/mol. The summed E-state index contributed by atoms with van der Waals surface area (Å²) >= 11 is 7.38. The third-order valence-electron chi connectivity index (χ3n) is 2.60. The molecule has 2 rings (SSSR count). The maximum absolute atomic E-state index is 9.30. The van der Waals surface area contributed by atoms with Gasteiger partial charge in [-0.2, -0.15) is 5.26 Å². The van der Waals surface area contributed by atoms with E-state index >= 15 is 0 Å². The van der Waals surface area contributed by atoms with Gasteiger partial charge in [0.05, 0.1) is 18.4 Å². The van der Waals surface area contributed by atoms with Gasteiger partial charge in [0, 0.05) is 15.5 Å². The molecule has 0 unspecified atom stereocenters. The van der Waals surface area contributed by atoms with Crippen molar-refractivity contribution in [2.45, 2.75) is 0 Å².